The molecule has 0 radical (unpaired) electrons. The Hall–Kier alpha value is -15.4. The van der Waals surface area contributed by atoms with E-state index in [2.05, 4.69) is 136 Å². The first-order valence-corrected chi connectivity index (χ1v) is 54.6. The topological polar surface area (TPSA) is 538 Å². The van der Waals surface area contributed by atoms with E-state index in [4.69, 9.17) is 56.1 Å². The van der Waals surface area contributed by atoms with Gasteiger partial charge < -0.3 is 55.7 Å². The molecule has 11 aromatic heterocycles. The molecule has 11 N–H and O–H groups in total. The quantitative estimate of drug-likeness (QED) is 0.0207. The minimum absolute atomic E-state index is 0.00296. The zero-order valence-corrected chi connectivity index (χ0v) is 87.9. The van der Waals surface area contributed by atoms with E-state index in [1.165, 1.54) is 66.9 Å². The van der Waals surface area contributed by atoms with Crippen LogP contribution in [0.5, 0.6) is 23.4 Å². The molecule has 1 unspecified atom stereocenters. The number of H-pyrrole nitrogens is 1. The minimum Gasteiger partial charge on any atom is -0.490 e. The van der Waals surface area contributed by atoms with Crippen LogP contribution < -0.4 is 74.6 Å². The van der Waals surface area contributed by atoms with Gasteiger partial charge in [0, 0.05) is 121 Å². The molecule has 0 aliphatic carbocycles. The van der Waals surface area contributed by atoms with E-state index in [0.717, 1.165) is 78.5 Å². The first kappa shape index (κ1) is 108. The number of aryl methyl sites for hydroxylation is 1. The maximum absolute atomic E-state index is 13.4. The number of carbonyl (C=O) groups excluding carboxylic acids is 4. The lowest BCUT2D eigenvalue weighted by Gasteiger charge is -2.34. The van der Waals surface area contributed by atoms with Crippen molar-refractivity contribution in [2.45, 2.75) is 229 Å². The van der Waals surface area contributed by atoms with Gasteiger partial charge in [0.2, 0.25) is 17.6 Å². The molecular weight excluding hydrogens is 1970 g/mol. The van der Waals surface area contributed by atoms with Crippen molar-refractivity contribution in [3.8, 4) is 68.4 Å². The number of nitrogens with one attached hydrogen (secondary N) is 5. The lowest BCUT2D eigenvalue weighted by atomic mass is 9.97. The number of nitrogens with two attached hydrogens (primary N) is 3. The standard InChI is InChI=1S/C30H32N6O5S.C28H36N6O4S.C24H27N5O3S.C23H28N6O4S/c1-20(2)40-27-14-11-21(19-32-27)25-13-12-24(30(37)35-42(38,39)28-10-6-9-26(31)34-28)29(33-25)36-17-15-23(16-18-36)41-22-7-4-3-5-8-22;1-6-20(7-2)38-24-14-11-19(16-30-24)22-13-12-21(26(31-22)34-17-18(3)15-28(34,4)5)27(35)33-39(36,37)25-10-8-9-23(29)32-25;1-15-7-11-18(12-8-15)20-14-13-19(23(26-20)29-16(2)9-10-17(29)3)24(30)28-33(31,32)22-6-4-5-21(25)27-22;1-14(2)33-20-10-7-17(13-24-20)19-9-8-18(22(26-19)29-15(3)5-6-16(29)4)23(30)28-34(31,32)21-11-12-25-27-21/h3-14,19-20,23H,15-18H2,1-2H3,(H2,31,34)(H,35,37);8-14,16,18,20H,6-7,15,17H2,1-5H3,(H2,29,32)(H,33,35);4-8,11-14,16-17H,9-10H2,1-3H3,(H2,25,27)(H,28,30);7-16H,5-6H2,1-4H3,(H,25,27)(H,28,30)/t;;16-,17+;15-,16+. The molecule has 0 spiro atoms. The molecule has 148 heavy (non-hydrogen) atoms. The average molecular weight is 2090 g/mol. The second-order valence-corrected chi connectivity index (χ2v) is 44.3. The number of aromatic nitrogens is 12. The fraction of sp³-hybridized carbons (Fsp3) is 0.343. The van der Waals surface area contributed by atoms with E-state index < -0.39 is 63.7 Å². The number of piperidine rings is 1. The number of sulfonamides is 4. The number of hydrogen-bond acceptors (Lipinski definition) is 34. The molecule has 15 heterocycles. The Labute approximate surface area is 862 Å². The number of carbonyl (C=O) groups is 4. The summed E-state index contributed by atoms with van der Waals surface area (Å²) in [6.45, 7) is 30.3. The molecule has 4 aliphatic rings. The van der Waals surface area contributed by atoms with Crippen molar-refractivity contribution >= 4 is 104 Å². The summed E-state index contributed by atoms with van der Waals surface area (Å²) in [5.41, 5.74) is 24.1. The molecule has 4 fully saturated rings. The van der Waals surface area contributed by atoms with Gasteiger partial charge in [0.05, 0.1) is 69.5 Å². The smallest absolute Gasteiger partial charge is 0.281 e. The first-order chi connectivity index (χ1) is 70.4. The van der Waals surface area contributed by atoms with Gasteiger partial charge in [0.15, 0.2) is 20.1 Å². The molecule has 39 nitrogen and oxygen atoms in total. The van der Waals surface area contributed by atoms with E-state index in [9.17, 15) is 52.8 Å². The van der Waals surface area contributed by atoms with Gasteiger partial charge in [-0.05, 0) is 248 Å². The Morgan fingerprint density at radius 3 is 1.14 bits per heavy atom. The Morgan fingerprint density at radius 2 is 0.784 bits per heavy atom. The third kappa shape index (κ3) is 27.1. The van der Waals surface area contributed by atoms with E-state index in [0.29, 0.717) is 102 Å². The van der Waals surface area contributed by atoms with Crippen molar-refractivity contribution in [2.75, 3.05) is 56.4 Å². The fourth-order valence-corrected chi connectivity index (χ4v) is 21.4. The highest BCUT2D eigenvalue weighted by atomic mass is 32.2. The van der Waals surface area contributed by atoms with Crippen LogP contribution >= 0.6 is 0 Å². The van der Waals surface area contributed by atoms with Crippen LogP contribution in [0.15, 0.2) is 245 Å². The highest BCUT2D eigenvalue weighted by Gasteiger charge is 2.42. The van der Waals surface area contributed by atoms with Gasteiger partial charge in [-0.1, -0.05) is 87.0 Å². The molecule has 4 aliphatic heterocycles. The van der Waals surface area contributed by atoms with Crippen molar-refractivity contribution in [2.24, 2.45) is 5.92 Å². The van der Waals surface area contributed by atoms with Crippen LogP contribution in [0.1, 0.15) is 195 Å². The van der Waals surface area contributed by atoms with Crippen molar-refractivity contribution in [3.63, 3.8) is 0 Å². The van der Waals surface area contributed by atoms with Crippen LogP contribution in [0.3, 0.4) is 0 Å². The van der Waals surface area contributed by atoms with Gasteiger partial charge in [-0.2, -0.15) is 38.8 Å². The van der Waals surface area contributed by atoms with E-state index in [1.807, 2.05) is 118 Å². The summed E-state index contributed by atoms with van der Waals surface area (Å²) >= 11 is 0. The monoisotopic (exact) mass is 2090 g/mol. The molecule has 0 saturated carbocycles. The van der Waals surface area contributed by atoms with Gasteiger partial charge in [-0.15, -0.1) is 0 Å². The average Bonchev–Trinajstić information content (AvgIpc) is 1.54. The normalized spacial score (nSPS) is 16.7. The Morgan fingerprint density at radius 1 is 0.419 bits per heavy atom. The Bertz CT molecular complexity index is 7350. The van der Waals surface area contributed by atoms with Crippen molar-refractivity contribution in [3.05, 3.63) is 253 Å². The molecule has 43 heteroatoms. The number of para-hydroxylation sites is 1. The Balaban J connectivity index is 0.000000156. The molecule has 13 aromatic rings. The summed E-state index contributed by atoms with van der Waals surface area (Å²) in [4.78, 5) is 105. The maximum Gasteiger partial charge on any atom is 0.281 e. The van der Waals surface area contributed by atoms with Crippen LogP contribution in [0, 0.1) is 12.8 Å². The highest BCUT2D eigenvalue weighted by molar-refractivity contribution is 7.90. The number of ether oxygens (including phenoxy) is 4. The SMILES string of the molecule is CC(C)Oc1ccc(-c2ccc(C(=O)NS(=O)(=O)c3cccc(N)n3)c(N3CCC(Oc4ccccc4)CC3)n2)cn1.CC(C)Oc1ccc(-c2ccc(C(=O)NS(=O)(=O)c3ccn[nH]3)c(N3[C@H](C)CC[C@@H]3C)n2)cn1.CCC(CC)Oc1ccc(-c2ccc(C(=O)NS(=O)(=O)c3cccc(N)n3)c(N3CC(C)CC3(C)C)n2)cn1.Cc1ccc(-c2ccc(C(=O)NS(=O)(=O)c3cccc(N)n3)c(N3[C@H](C)CC[C@@H]3C)n2)cc1. The molecule has 5 atom stereocenters. The molecule has 0 bridgehead atoms. The summed E-state index contributed by atoms with van der Waals surface area (Å²) < 4.78 is 134. The Kier molecular flexibility index (Phi) is 34.4. The number of nitrogens with zero attached hydrogens (tertiary/aromatic N) is 15. The third-order valence-electron chi connectivity index (χ3n) is 25.1. The number of pyridine rings is 10. The largest absolute Gasteiger partial charge is 0.490 e. The van der Waals surface area contributed by atoms with E-state index in [1.54, 1.807) is 79.3 Å². The zero-order valence-electron chi connectivity index (χ0n) is 84.6. The van der Waals surface area contributed by atoms with Gasteiger partial charge >= 0.3 is 0 Å². The number of amides is 4. The highest BCUT2D eigenvalue weighted by Crippen LogP contribution is 2.41. The second-order valence-electron chi connectivity index (χ2n) is 37.8. The van der Waals surface area contributed by atoms with Crippen LogP contribution in [0.25, 0.3) is 45.0 Å². The molecular formula is C105H123N23O16S4. The summed E-state index contributed by atoms with van der Waals surface area (Å²) in [6, 6.07) is 56.2. The van der Waals surface area contributed by atoms with Crippen molar-refractivity contribution in [1.29, 1.82) is 0 Å². The number of aromatic amines is 1. The molecule has 4 amide bonds. The number of anilines is 7. The van der Waals surface area contributed by atoms with E-state index >= 15 is 0 Å². The zero-order chi connectivity index (χ0) is 106. The van der Waals surface area contributed by atoms with Crippen molar-refractivity contribution < 1.29 is 71.8 Å². The predicted octanol–water partition coefficient (Wildman–Crippen LogP) is 15.2. The summed E-state index contributed by atoms with van der Waals surface area (Å²) in [5, 5.41) is 4.82. The van der Waals surface area contributed by atoms with Gasteiger partial charge in [-0.25, -0.2) is 68.7 Å². The summed E-state index contributed by atoms with van der Waals surface area (Å²) in [5.74, 6) is 1.37. The maximum atomic E-state index is 13.4. The van der Waals surface area contributed by atoms with Crippen molar-refractivity contribution in [1.82, 2.24) is 78.9 Å². The number of rotatable bonds is 30. The lowest BCUT2D eigenvalue weighted by Crippen LogP contribution is -2.41. The summed E-state index contributed by atoms with van der Waals surface area (Å²) in [6.07, 6.45) is 14.3. The third-order valence-corrected chi connectivity index (χ3v) is 30.0. The predicted molar refractivity (Wildman–Crippen MR) is 565 cm³/mol. The van der Waals surface area contributed by atoms with Crippen LogP contribution in [-0.2, 0) is 40.1 Å². The second kappa shape index (κ2) is 47.0. The molecule has 4 saturated heterocycles. The van der Waals surface area contributed by atoms with Gasteiger partial charge in [0.1, 0.15) is 52.6 Å². The van der Waals surface area contributed by atoms with E-state index in [-0.39, 0.29) is 114 Å². The van der Waals surface area contributed by atoms with Gasteiger partial charge in [-0.3, -0.25) is 24.3 Å². The lowest BCUT2D eigenvalue weighted by molar-refractivity contribution is 0.0972. The fourth-order valence-electron chi connectivity index (χ4n) is 17.7. The van der Waals surface area contributed by atoms with Crippen LogP contribution in [-0.4, -0.2) is 191 Å². The number of nitrogen functional groups attached to an aromatic ring is 3. The number of benzene rings is 2. The van der Waals surface area contributed by atoms with Crippen LogP contribution in [0.4, 0.5) is 40.7 Å². The molecule has 778 valence electrons. The summed E-state index contributed by atoms with van der Waals surface area (Å²) in [7, 11) is -16.8. The minimum atomic E-state index is -4.28. The number of hydrogen-bond donors (Lipinski definition) is 8. The van der Waals surface area contributed by atoms with Crippen LogP contribution in [0.2, 0.25) is 0 Å². The van der Waals surface area contributed by atoms with Gasteiger partial charge in [0.25, 0.3) is 63.7 Å². The first-order valence-electron chi connectivity index (χ1n) is 48.7. The molecule has 2 aromatic carbocycles. The molecule has 17 rings (SSSR count).